The first-order valence-electron chi connectivity index (χ1n) is 6.71. The summed E-state index contributed by atoms with van der Waals surface area (Å²) in [5.41, 5.74) is 0. The first kappa shape index (κ1) is 13.0. The molecule has 0 aromatic heterocycles. The Labute approximate surface area is 94.8 Å². The fourth-order valence-corrected chi connectivity index (χ4v) is 2.22. The van der Waals surface area contributed by atoms with Gasteiger partial charge in [-0.2, -0.15) is 0 Å². The number of hydrogen-bond acceptors (Lipinski definition) is 2. The highest BCUT2D eigenvalue weighted by Crippen LogP contribution is 2.21. The molecule has 15 heavy (non-hydrogen) atoms. The zero-order valence-electron chi connectivity index (χ0n) is 10.4. The Hall–Kier alpha value is -0.0800. The molecule has 0 spiro atoms. The summed E-state index contributed by atoms with van der Waals surface area (Å²) in [6.45, 7) is 6.56. The average Bonchev–Trinajstić information content (AvgIpc) is 2.27. The molecule has 0 radical (unpaired) electrons. The number of ether oxygens (including phenoxy) is 1. The van der Waals surface area contributed by atoms with Gasteiger partial charge in [0.1, 0.15) is 0 Å². The highest BCUT2D eigenvalue weighted by atomic mass is 16.5. The van der Waals surface area contributed by atoms with E-state index < -0.39 is 0 Å². The second kappa shape index (κ2) is 8.12. The van der Waals surface area contributed by atoms with Crippen LogP contribution in [0.5, 0.6) is 0 Å². The quantitative estimate of drug-likeness (QED) is 0.656. The van der Waals surface area contributed by atoms with Crippen LogP contribution in [0.25, 0.3) is 0 Å². The smallest absolute Gasteiger partial charge is 0.0590 e. The van der Waals surface area contributed by atoms with Crippen LogP contribution < -0.4 is 5.32 Å². The monoisotopic (exact) mass is 213 g/mol. The van der Waals surface area contributed by atoms with Crippen molar-refractivity contribution in [2.75, 3.05) is 13.2 Å². The summed E-state index contributed by atoms with van der Waals surface area (Å²) < 4.78 is 5.89. The molecule has 2 atom stereocenters. The van der Waals surface area contributed by atoms with Gasteiger partial charge in [-0.3, -0.25) is 0 Å². The predicted molar refractivity (Wildman–Crippen MR) is 65.2 cm³/mol. The molecule has 2 heteroatoms. The van der Waals surface area contributed by atoms with E-state index in [4.69, 9.17) is 4.74 Å². The lowest BCUT2D eigenvalue weighted by molar-refractivity contribution is 0.0182. The Morgan fingerprint density at radius 1 is 1.20 bits per heavy atom. The molecule has 0 aromatic rings. The first-order chi connectivity index (χ1) is 7.36. The third-order valence-electron chi connectivity index (χ3n) is 3.16. The molecule has 1 aliphatic carbocycles. The van der Waals surface area contributed by atoms with E-state index in [1.165, 1.54) is 44.9 Å². The maximum Gasteiger partial charge on any atom is 0.0590 e. The molecule has 1 rings (SSSR count). The van der Waals surface area contributed by atoms with Crippen LogP contribution in [0.2, 0.25) is 0 Å². The van der Waals surface area contributed by atoms with Gasteiger partial charge >= 0.3 is 0 Å². The average molecular weight is 213 g/mol. The molecule has 1 N–H and O–H groups in total. The standard InChI is InChI=1S/C13H27NO/c1-3-5-10-15-13-8-6-7-12(11-13)14-9-4-2/h12-14H,3-11H2,1-2H3. The fraction of sp³-hybridized carbons (Fsp3) is 1.00. The molecular formula is C13H27NO. The number of rotatable bonds is 7. The van der Waals surface area contributed by atoms with Crippen molar-refractivity contribution >= 4 is 0 Å². The van der Waals surface area contributed by atoms with Crippen LogP contribution >= 0.6 is 0 Å². The van der Waals surface area contributed by atoms with Crippen LogP contribution in [0.4, 0.5) is 0 Å². The third kappa shape index (κ3) is 5.53. The molecule has 0 saturated heterocycles. The van der Waals surface area contributed by atoms with Gasteiger partial charge in [-0.1, -0.05) is 20.3 Å². The van der Waals surface area contributed by atoms with E-state index in [2.05, 4.69) is 19.2 Å². The molecule has 1 aliphatic rings. The molecule has 1 saturated carbocycles. The molecule has 1 fully saturated rings. The van der Waals surface area contributed by atoms with E-state index in [0.29, 0.717) is 12.1 Å². The Balaban J connectivity index is 2.11. The van der Waals surface area contributed by atoms with Gasteiger partial charge in [-0.15, -0.1) is 0 Å². The van der Waals surface area contributed by atoms with Gasteiger partial charge in [-0.25, -0.2) is 0 Å². The van der Waals surface area contributed by atoms with Crippen molar-refractivity contribution in [2.24, 2.45) is 0 Å². The normalized spacial score (nSPS) is 26.8. The summed E-state index contributed by atoms with van der Waals surface area (Å²) in [5.74, 6) is 0. The molecule has 0 heterocycles. The molecular weight excluding hydrogens is 186 g/mol. The summed E-state index contributed by atoms with van der Waals surface area (Å²) >= 11 is 0. The van der Waals surface area contributed by atoms with Crippen molar-refractivity contribution in [1.82, 2.24) is 5.32 Å². The molecule has 0 bridgehead atoms. The van der Waals surface area contributed by atoms with E-state index in [-0.39, 0.29) is 0 Å². The molecule has 0 aliphatic heterocycles. The van der Waals surface area contributed by atoms with Crippen LogP contribution in [0.3, 0.4) is 0 Å². The Kier molecular flexibility index (Phi) is 7.03. The van der Waals surface area contributed by atoms with E-state index in [9.17, 15) is 0 Å². The van der Waals surface area contributed by atoms with Gasteiger partial charge < -0.3 is 10.1 Å². The van der Waals surface area contributed by atoms with Crippen LogP contribution in [0.1, 0.15) is 58.8 Å². The van der Waals surface area contributed by atoms with Gasteiger partial charge in [0.2, 0.25) is 0 Å². The second-order valence-electron chi connectivity index (χ2n) is 4.66. The summed E-state index contributed by atoms with van der Waals surface area (Å²) in [4.78, 5) is 0. The van der Waals surface area contributed by atoms with E-state index in [1.54, 1.807) is 0 Å². The van der Waals surface area contributed by atoms with Crippen molar-refractivity contribution in [1.29, 1.82) is 0 Å². The van der Waals surface area contributed by atoms with Crippen molar-refractivity contribution in [2.45, 2.75) is 70.9 Å². The lowest BCUT2D eigenvalue weighted by Gasteiger charge is -2.29. The number of unbranched alkanes of at least 4 members (excludes halogenated alkanes) is 1. The van der Waals surface area contributed by atoms with Gasteiger partial charge in [-0.05, 0) is 45.1 Å². The predicted octanol–water partition coefficient (Wildman–Crippen LogP) is 3.11. The highest BCUT2D eigenvalue weighted by Gasteiger charge is 2.21. The van der Waals surface area contributed by atoms with Crippen LogP contribution in [-0.2, 0) is 4.74 Å². The zero-order valence-corrected chi connectivity index (χ0v) is 10.4. The largest absolute Gasteiger partial charge is 0.378 e. The first-order valence-corrected chi connectivity index (χ1v) is 6.71. The van der Waals surface area contributed by atoms with Crippen LogP contribution in [-0.4, -0.2) is 25.3 Å². The topological polar surface area (TPSA) is 21.3 Å². The minimum atomic E-state index is 0.527. The number of nitrogens with one attached hydrogen (secondary N) is 1. The van der Waals surface area contributed by atoms with Gasteiger partial charge in [0.15, 0.2) is 0 Å². The van der Waals surface area contributed by atoms with Crippen LogP contribution in [0.15, 0.2) is 0 Å². The summed E-state index contributed by atoms with van der Waals surface area (Å²) in [6, 6.07) is 0.713. The van der Waals surface area contributed by atoms with E-state index in [0.717, 1.165) is 13.2 Å². The fourth-order valence-electron chi connectivity index (χ4n) is 2.22. The van der Waals surface area contributed by atoms with E-state index in [1.807, 2.05) is 0 Å². The minimum Gasteiger partial charge on any atom is -0.378 e. The Bertz CT molecular complexity index is 149. The SMILES string of the molecule is CCCCOC1CCCC(NCCC)C1. The lowest BCUT2D eigenvalue weighted by atomic mass is 9.93. The lowest BCUT2D eigenvalue weighted by Crippen LogP contribution is -2.37. The minimum absolute atomic E-state index is 0.527. The third-order valence-corrected chi connectivity index (χ3v) is 3.16. The molecule has 90 valence electrons. The van der Waals surface area contributed by atoms with Crippen molar-refractivity contribution in [3.8, 4) is 0 Å². The van der Waals surface area contributed by atoms with Crippen molar-refractivity contribution < 1.29 is 4.74 Å². The van der Waals surface area contributed by atoms with Crippen LogP contribution in [0, 0.1) is 0 Å². The maximum absolute atomic E-state index is 5.89. The second-order valence-corrected chi connectivity index (χ2v) is 4.66. The van der Waals surface area contributed by atoms with Gasteiger partial charge in [0.05, 0.1) is 6.10 Å². The highest BCUT2D eigenvalue weighted by molar-refractivity contribution is 4.78. The molecule has 0 aromatic carbocycles. The van der Waals surface area contributed by atoms with E-state index >= 15 is 0 Å². The summed E-state index contributed by atoms with van der Waals surface area (Å²) in [5, 5.41) is 3.61. The van der Waals surface area contributed by atoms with Crippen molar-refractivity contribution in [3.05, 3.63) is 0 Å². The maximum atomic E-state index is 5.89. The summed E-state index contributed by atoms with van der Waals surface area (Å²) in [6.07, 6.45) is 9.38. The molecule has 2 unspecified atom stereocenters. The molecule has 0 amide bonds. The van der Waals surface area contributed by atoms with Gasteiger partial charge in [0, 0.05) is 12.6 Å². The Morgan fingerprint density at radius 3 is 2.80 bits per heavy atom. The number of hydrogen-bond donors (Lipinski definition) is 1. The zero-order chi connectivity index (χ0) is 10.9. The van der Waals surface area contributed by atoms with Crippen molar-refractivity contribution in [3.63, 3.8) is 0 Å². The summed E-state index contributed by atoms with van der Waals surface area (Å²) in [7, 11) is 0. The Morgan fingerprint density at radius 2 is 2.07 bits per heavy atom. The molecule has 2 nitrogen and oxygen atoms in total. The van der Waals surface area contributed by atoms with Gasteiger partial charge in [0.25, 0.3) is 0 Å².